The number of aliphatic hydroxyl groups is 5. The number of ketones is 1. The molecule has 0 saturated heterocycles. The van der Waals surface area contributed by atoms with E-state index in [-0.39, 0.29) is 11.8 Å². The Morgan fingerprint density at radius 2 is 1.82 bits per heavy atom. The average Bonchev–Trinajstić information content (AvgIpc) is 2.51. The van der Waals surface area contributed by atoms with Gasteiger partial charge in [0.15, 0.2) is 0 Å². The smallest absolute Gasteiger partial charge is 0.146 e. The molecule has 0 fully saturated rings. The van der Waals surface area contributed by atoms with Gasteiger partial charge in [0.1, 0.15) is 30.2 Å². The zero-order valence-corrected chi connectivity index (χ0v) is 13.1. The number of Topliss-reactive ketones (excluding diaryl/α,β-unsaturated/α-hetero) is 1. The molecule has 4 unspecified atom stereocenters. The van der Waals surface area contributed by atoms with Crippen molar-refractivity contribution in [1.82, 2.24) is 5.32 Å². The maximum Gasteiger partial charge on any atom is 0.146 e. The van der Waals surface area contributed by atoms with Gasteiger partial charge < -0.3 is 30.8 Å². The first-order valence-electron chi connectivity index (χ1n) is 7.35. The van der Waals surface area contributed by atoms with E-state index in [4.69, 9.17) is 10.2 Å². The first kappa shape index (κ1) is 21.1. The predicted molar refractivity (Wildman–Crippen MR) is 81.9 cm³/mol. The summed E-state index contributed by atoms with van der Waals surface area (Å²) in [5, 5.41) is 49.3. The van der Waals surface area contributed by atoms with Gasteiger partial charge in [-0.2, -0.15) is 0 Å². The van der Waals surface area contributed by atoms with Crippen molar-refractivity contribution in [2.45, 2.75) is 56.6 Å². The molecule has 5 atom stereocenters. The van der Waals surface area contributed by atoms with Crippen LogP contribution in [0.15, 0.2) is 4.99 Å². The van der Waals surface area contributed by atoms with Gasteiger partial charge in [0.05, 0.1) is 12.6 Å². The molecule has 0 aliphatic heterocycles. The minimum atomic E-state index is -1.65. The number of nitrogens with one attached hydrogen (secondary N) is 1. The number of rotatable bonds is 12. The summed E-state index contributed by atoms with van der Waals surface area (Å²) >= 11 is 0. The Labute approximate surface area is 130 Å². The summed E-state index contributed by atoms with van der Waals surface area (Å²) < 4.78 is 0. The van der Waals surface area contributed by atoms with E-state index in [0.29, 0.717) is 19.4 Å². The number of carbonyl (C=O) groups excluding carboxylic acids is 1. The molecule has 8 heteroatoms. The third-order valence-corrected chi connectivity index (χ3v) is 3.41. The normalized spacial score (nSPS) is 18.9. The van der Waals surface area contributed by atoms with Crippen molar-refractivity contribution in [3.8, 4) is 0 Å². The Bertz CT molecular complexity index is 339. The second-order valence-corrected chi connectivity index (χ2v) is 5.22. The number of hydrogen-bond donors (Lipinski definition) is 6. The SMILES string of the molecule is CN[C@@H](CCCC/N=C/C(O)C(O)C(O)C(O)CO)C(C)=O. The van der Waals surface area contributed by atoms with Gasteiger partial charge >= 0.3 is 0 Å². The highest BCUT2D eigenvalue weighted by Crippen LogP contribution is 2.05. The van der Waals surface area contributed by atoms with E-state index < -0.39 is 31.0 Å². The van der Waals surface area contributed by atoms with E-state index in [1.165, 1.54) is 6.92 Å². The van der Waals surface area contributed by atoms with E-state index in [1.807, 2.05) is 0 Å². The lowest BCUT2D eigenvalue weighted by Crippen LogP contribution is -2.46. The summed E-state index contributed by atoms with van der Waals surface area (Å²) in [6, 6.07) is -0.161. The summed E-state index contributed by atoms with van der Waals surface area (Å²) in [5.41, 5.74) is 0. The van der Waals surface area contributed by atoms with Crippen LogP contribution in [0.3, 0.4) is 0 Å². The van der Waals surface area contributed by atoms with Crippen molar-refractivity contribution in [1.29, 1.82) is 0 Å². The van der Waals surface area contributed by atoms with Crippen molar-refractivity contribution in [3.63, 3.8) is 0 Å². The molecule has 6 N–H and O–H groups in total. The highest BCUT2D eigenvalue weighted by Gasteiger charge is 2.28. The third kappa shape index (κ3) is 7.92. The van der Waals surface area contributed by atoms with Crippen LogP contribution in [0.25, 0.3) is 0 Å². The lowest BCUT2D eigenvalue weighted by Gasteiger charge is -2.23. The Kier molecular flexibility index (Phi) is 11.2. The minimum Gasteiger partial charge on any atom is -0.394 e. The van der Waals surface area contributed by atoms with Crippen LogP contribution >= 0.6 is 0 Å². The summed E-state index contributed by atoms with van der Waals surface area (Å²) in [6.45, 7) is 1.23. The fraction of sp³-hybridized carbons (Fsp3) is 0.857. The maximum atomic E-state index is 11.2. The fourth-order valence-corrected chi connectivity index (χ4v) is 1.91. The second kappa shape index (κ2) is 11.6. The van der Waals surface area contributed by atoms with Gasteiger partial charge in [-0.15, -0.1) is 0 Å². The number of carbonyl (C=O) groups is 1. The molecule has 130 valence electrons. The Balaban J connectivity index is 4.00. The molecule has 0 heterocycles. The monoisotopic (exact) mass is 320 g/mol. The largest absolute Gasteiger partial charge is 0.394 e. The molecule has 0 aliphatic carbocycles. The lowest BCUT2D eigenvalue weighted by molar-refractivity contribution is -0.119. The minimum absolute atomic E-state index is 0.0842. The summed E-state index contributed by atoms with van der Waals surface area (Å²) in [4.78, 5) is 15.1. The van der Waals surface area contributed by atoms with Gasteiger partial charge in [-0.25, -0.2) is 0 Å². The van der Waals surface area contributed by atoms with Gasteiger partial charge in [0.2, 0.25) is 0 Å². The molecule has 0 aliphatic rings. The zero-order chi connectivity index (χ0) is 17.1. The molecular formula is C14H28N2O6. The fourth-order valence-electron chi connectivity index (χ4n) is 1.91. The molecule has 0 rings (SSSR count). The third-order valence-electron chi connectivity index (χ3n) is 3.41. The van der Waals surface area contributed by atoms with Crippen molar-refractivity contribution in [3.05, 3.63) is 0 Å². The standard InChI is InChI=1S/C14H28N2O6/c1-9(18)10(15-2)5-3-4-6-16-7-11(19)13(21)14(22)12(20)8-17/h7,10-15,17,19-22H,3-6,8H2,1-2H3/b16-7+/t10-,11?,12?,13?,14?/m0/s1. The van der Waals surface area contributed by atoms with Crippen molar-refractivity contribution >= 4 is 12.0 Å². The van der Waals surface area contributed by atoms with Gasteiger partial charge in [-0.3, -0.25) is 9.79 Å². The molecule has 0 bridgehead atoms. The van der Waals surface area contributed by atoms with Crippen LogP contribution < -0.4 is 5.32 Å². The molecule has 0 radical (unpaired) electrons. The first-order valence-corrected chi connectivity index (χ1v) is 7.35. The Hall–Kier alpha value is -0.900. The topological polar surface area (TPSA) is 143 Å². The highest BCUT2D eigenvalue weighted by molar-refractivity contribution is 5.81. The maximum absolute atomic E-state index is 11.2. The van der Waals surface area contributed by atoms with Crippen LogP contribution in [0.2, 0.25) is 0 Å². The second-order valence-electron chi connectivity index (χ2n) is 5.22. The Morgan fingerprint density at radius 3 is 2.32 bits per heavy atom. The molecule has 0 aromatic rings. The zero-order valence-electron chi connectivity index (χ0n) is 13.1. The van der Waals surface area contributed by atoms with Crippen molar-refractivity contribution in [2.24, 2.45) is 4.99 Å². The molecule has 0 aromatic carbocycles. The van der Waals surface area contributed by atoms with E-state index in [2.05, 4.69) is 10.3 Å². The molecule has 0 aromatic heterocycles. The Morgan fingerprint density at radius 1 is 1.18 bits per heavy atom. The number of aliphatic hydroxyl groups excluding tert-OH is 5. The number of hydrogen-bond acceptors (Lipinski definition) is 8. The quantitative estimate of drug-likeness (QED) is 0.178. The van der Waals surface area contributed by atoms with Crippen LogP contribution in [0.1, 0.15) is 26.2 Å². The van der Waals surface area contributed by atoms with E-state index in [0.717, 1.165) is 12.6 Å². The highest BCUT2D eigenvalue weighted by atomic mass is 16.4. The number of aliphatic imine (C=N–C) groups is 1. The molecular weight excluding hydrogens is 292 g/mol. The number of nitrogens with zero attached hydrogens (tertiary/aromatic N) is 1. The first-order chi connectivity index (χ1) is 10.3. The summed E-state index contributed by atoms with van der Waals surface area (Å²) in [5.74, 6) is 0.0842. The number of likely N-dealkylation sites (N-methyl/N-ethyl adjacent to an activating group) is 1. The van der Waals surface area contributed by atoms with Crippen LogP contribution in [-0.2, 0) is 4.79 Å². The van der Waals surface area contributed by atoms with E-state index in [1.54, 1.807) is 7.05 Å². The van der Waals surface area contributed by atoms with E-state index >= 15 is 0 Å². The van der Waals surface area contributed by atoms with E-state index in [9.17, 15) is 20.1 Å². The van der Waals surface area contributed by atoms with Crippen LogP contribution in [-0.4, -0.2) is 88.2 Å². The van der Waals surface area contributed by atoms with Gasteiger partial charge in [-0.05, 0) is 33.2 Å². The summed E-state index contributed by atoms with van der Waals surface area (Å²) in [6.07, 6.45) is -2.94. The lowest BCUT2D eigenvalue weighted by atomic mass is 10.0. The van der Waals surface area contributed by atoms with Crippen LogP contribution in [0, 0.1) is 0 Å². The molecule has 22 heavy (non-hydrogen) atoms. The number of unbranched alkanes of at least 4 members (excludes halogenated alkanes) is 1. The van der Waals surface area contributed by atoms with Crippen LogP contribution in [0.5, 0.6) is 0 Å². The molecule has 8 nitrogen and oxygen atoms in total. The van der Waals surface area contributed by atoms with Gasteiger partial charge in [-0.1, -0.05) is 0 Å². The summed E-state index contributed by atoms with van der Waals surface area (Å²) in [7, 11) is 1.73. The van der Waals surface area contributed by atoms with Crippen molar-refractivity contribution in [2.75, 3.05) is 20.2 Å². The van der Waals surface area contributed by atoms with Gasteiger partial charge in [0.25, 0.3) is 0 Å². The van der Waals surface area contributed by atoms with Gasteiger partial charge in [0, 0.05) is 12.8 Å². The van der Waals surface area contributed by atoms with Crippen LogP contribution in [0.4, 0.5) is 0 Å². The average molecular weight is 320 g/mol. The van der Waals surface area contributed by atoms with Crippen molar-refractivity contribution < 1.29 is 30.3 Å². The molecule has 0 amide bonds. The molecule has 0 spiro atoms. The predicted octanol–water partition coefficient (Wildman–Crippen LogP) is -2.16. The molecule has 0 saturated carbocycles.